The Morgan fingerprint density at radius 3 is 2.35 bits per heavy atom. The fraction of sp³-hybridized carbons (Fsp3) is 0.188. The van der Waals surface area contributed by atoms with Crippen molar-refractivity contribution in [3.05, 3.63) is 62.5 Å². The van der Waals surface area contributed by atoms with Crippen LogP contribution in [0.5, 0.6) is 0 Å². The average molecular weight is 394 g/mol. The van der Waals surface area contributed by atoms with Gasteiger partial charge in [0.05, 0.1) is 17.3 Å². The summed E-state index contributed by atoms with van der Waals surface area (Å²) in [6.45, 7) is 2.13. The van der Waals surface area contributed by atoms with Crippen LogP contribution in [-0.4, -0.2) is 0 Å². The second-order valence-corrected chi connectivity index (χ2v) is 6.29. The molecule has 4 heteroatoms. The summed E-state index contributed by atoms with van der Waals surface area (Å²) in [5, 5.41) is 12.6. The molecule has 0 heterocycles. The van der Waals surface area contributed by atoms with E-state index in [1.165, 1.54) is 5.56 Å². The molecule has 0 radical (unpaired) electrons. The molecule has 0 aliphatic carbocycles. The van der Waals surface area contributed by atoms with E-state index in [2.05, 4.69) is 62.3 Å². The summed E-state index contributed by atoms with van der Waals surface area (Å²) in [5.41, 5.74) is 2.72. The normalized spacial score (nSPS) is 11.7. The Balaban J connectivity index is 2.29. The molecule has 0 aromatic heterocycles. The maximum atomic E-state index is 9.19. The van der Waals surface area contributed by atoms with Crippen LogP contribution in [0.2, 0.25) is 0 Å². The first kappa shape index (κ1) is 15.1. The van der Waals surface area contributed by atoms with Gasteiger partial charge in [-0.25, -0.2) is 0 Å². The quantitative estimate of drug-likeness (QED) is 0.728. The van der Waals surface area contributed by atoms with Crippen LogP contribution >= 0.6 is 31.9 Å². The summed E-state index contributed by atoms with van der Waals surface area (Å²) < 4.78 is 2.03. The lowest BCUT2D eigenvalue weighted by Crippen LogP contribution is -2.10. The molecule has 1 N–H and O–H groups in total. The van der Waals surface area contributed by atoms with E-state index < -0.39 is 0 Å². The lowest BCUT2D eigenvalue weighted by atomic mass is 10.0. The van der Waals surface area contributed by atoms with Crippen molar-refractivity contribution in [1.82, 2.24) is 0 Å². The highest BCUT2D eigenvalue weighted by Crippen LogP contribution is 2.28. The number of nitrogens with zero attached hydrogens (tertiary/aromatic N) is 1. The van der Waals surface area contributed by atoms with Crippen molar-refractivity contribution in [1.29, 1.82) is 5.26 Å². The van der Waals surface area contributed by atoms with Crippen molar-refractivity contribution in [3.8, 4) is 6.07 Å². The number of rotatable bonds is 4. The van der Waals surface area contributed by atoms with Crippen molar-refractivity contribution in [2.24, 2.45) is 0 Å². The van der Waals surface area contributed by atoms with Gasteiger partial charge in [-0.2, -0.15) is 5.26 Å². The Hall–Kier alpha value is -1.31. The molecular formula is C16H14Br2N2. The number of hydrogen-bond acceptors (Lipinski definition) is 2. The van der Waals surface area contributed by atoms with Crippen molar-refractivity contribution >= 4 is 37.5 Å². The first-order chi connectivity index (χ1) is 9.63. The molecule has 20 heavy (non-hydrogen) atoms. The zero-order valence-corrected chi connectivity index (χ0v) is 14.2. The summed E-state index contributed by atoms with van der Waals surface area (Å²) in [6, 6.07) is 16.3. The number of hydrogen-bond donors (Lipinski definition) is 1. The zero-order valence-electron chi connectivity index (χ0n) is 11.0. The molecule has 0 aliphatic rings. The number of nitriles is 1. The standard InChI is InChI=1S/C16H14Br2N2/c1-2-15(11-3-6-13(17)7-4-11)20-16-9-14(18)8-5-12(16)10-19/h3-9,15,20H,2H2,1H3. The lowest BCUT2D eigenvalue weighted by Gasteiger charge is -2.20. The molecule has 0 fully saturated rings. The molecule has 2 nitrogen and oxygen atoms in total. The second-order valence-electron chi connectivity index (χ2n) is 4.46. The first-order valence-electron chi connectivity index (χ1n) is 6.35. The van der Waals surface area contributed by atoms with E-state index in [0.717, 1.165) is 21.1 Å². The van der Waals surface area contributed by atoms with Crippen LogP contribution in [0.1, 0.15) is 30.5 Å². The SMILES string of the molecule is CCC(Nc1cc(Br)ccc1C#N)c1ccc(Br)cc1. The fourth-order valence-corrected chi connectivity index (χ4v) is 2.66. The van der Waals surface area contributed by atoms with E-state index in [1.807, 2.05) is 30.3 Å². The second kappa shape index (κ2) is 6.92. The van der Waals surface area contributed by atoms with Gasteiger partial charge >= 0.3 is 0 Å². The third-order valence-corrected chi connectivity index (χ3v) is 4.13. The smallest absolute Gasteiger partial charge is 0.101 e. The minimum atomic E-state index is 0.185. The van der Waals surface area contributed by atoms with Crippen molar-refractivity contribution < 1.29 is 0 Å². The van der Waals surface area contributed by atoms with Gasteiger partial charge in [0.25, 0.3) is 0 Å². The van der Waals surface area contributed by atoms with Gasteiger partial charge in [0, 0.05) is 8.95 Å². The van der Waals surface area contributed by atoms with Crippen LogP contribution < -0.4 is 5.32 Å². The fourth-order valence-electron chi connectivity index (χ4n) is 2.04. The zero-order chi connectivity index (χ0) is 14.5. The monoisotopic (exact) mass is 392 g/mol. The van der Waals surface area contributed by atoms with Crippen LogP contribution in [-0.2, 0) is 0 Å². The molecule has 0 saturated carbocycles. The molecule has 2 rings (SSSR count). The van der Waals surface area contributed by atoms with Crippen LogP contribution in [0.3, 0.4) is 0 Å². The van der Waals surface area contributed by atoms with E-state index in [1.54, 1.807) is 0 Å². The molecule has 0 aliphatic heterocycles. The van der Waals surface area contributed by atoms with Crippen molar-refractivity contribution in [2.45, 2.75) is 19.4 Å². The van der Waals surface area contributed by atoms with Gasteiger partial charge in [0.15, 0.2) is 0 Å². The predicted molar refractivity (Wildman–Crippen MR) is 89.7 cm³/mol. The van der Waals surface area contributed by atoms with Crippen molar-refractivity contribution in [3.63, 3.8) is 0 Å². The lowest BCUT2D eigenvalue weighted by molar-refractivity contribution is 0.749. The highest BCUT2D eigenvalue weighted by molar-refractivity contribution is 9.10. The third-order valence-electron chi connectivity index (χ3n) is 3.11. The Kier molecular flexibility index (Phi) is 5.22. The summed E-state index contributed by atoms with van der Waals surface area (Å²) in [7, 11) is 0. The molecule has 0 spiro atoms. The van der Waals surface area contributed by atoms with Gasteiger partial charge < -0.3 is 5.32 Å². The molecule has 0 amide bonds. The summed E-state index contributed by atoms with van der Waals surface area (Å²) in [5.74, 6) is 0. The van der Waals surface area contributed by atoms with Gasteiger partial charge in [-0.05, 0) is 42.3 Å². The van der Waals surface area contributed by atoms with Crippen LogP contribution in [0.4, 0.5) is 5.69 Å². The molecular weight excluding hydrogens is 380 g/mol. The molecule has 0 bridgehead atoms. The summed E-state index contributed by atoms with van der Waals surface area (Å²) in [4.78, 5) is 0. The minimum absolute atomic E-state index is 0.185. The number of nitrogens with one attached hydrogen (secondary N) is 1. The molecule has 1 atom stereocenters. The van der Waals surface area contributed by atoms with E-state index in [-0.39, 0.29) is 6.04 Å². The Labute approximate surface area is 136 Å². The third kappa shape index (κ3) is 3.62. The Morgan fingerprint density at radius 2 is 1.75 bits per heavy atom. The average Bonchev–Trinajstić information content (AvgIpc) is 2.46. The molecule has 0 saturated heterocycles. The van der Waals surface area contributed by atoms with Gasteiger partial charge in [0.2, 0.25) is 0 Å². The first-order valence-corrected chi connectivity index (χ1v) is 7.94. The maximum absolute atomic E-state index is 9.19. The largest absolute Gasteiger partial charge is 0.377 e. The Morgan fingerprint density at radius 1 is 1.10 bits per heavy atom. The van der Waals surface area contributed by atoms with E-state index >= 15 is 0 Å². The molecule has 2 aromatic carbocycles. The van der Waals surface area contributed by atoms with Gasteiger partial charge in [-0.1, -0.05) is 50.9 Å². The number of benzene rings is 2. The molecule has 1 unspecified atom stereocenters. The predicted octanol–water partition coefficient (Wildman–Crippen LogP) is 5.65. The van der Waals surface area contributed by atoms with Gasteiger partial charge in [-0.3, -0.25) is 0 Å². The minimum Gasteiger partial charge on any atom is -0.377 e. The van der Waals surface area contributed by atoms with Crippen LogP contribution in [0.25, 0.3) is 0 Å². The topological polar surface area (TPSA) is 35.8 Å². The highest BCUT2D eigenvalue weighted by Gasteiger charge is 2.11. The van der Waals surface area contributed by atoms with Gasteiger partial charge in [-0.15, -0.1) is 0 Å². The van der Waals surface area contributed by atoms with Crippen molar-refractivity contribution in [2.75, 3.05) is 5.32 Å². The molecule has 2 aromatic rings. The van der Waals surface area contributed by atoms with Crippen LogP contribution in [0.15, 0.2) is 51.4 Å². The highest BCUT2D eigenvalue weighted by atomic mass is 79.9. The van der Waals surface area contributed by atoms with E-state index in [9.17, 15) is 5.26 Å². The van der Waals surface area contributed by atoms with Gasteiger partial charge in [0.1, 0.15) is 6.07 Å². The molecule has 102 valence electrons. The van der Waals surface area contributed by atoms with E-state index in [4.69, 9.17) is 0 Å². The summed E-state index contributed by atoms with van der Waals surface area (Å²) >= 11 is 6.89. The summed E-state index contributed by atoms with van der Waals surface area (Å²) in [6.07, 6.45) is 0.943. The van der Waals surface area contributed by atoms with Crippen LogP contribution in [0, 0.1) is 11.3 Å². The maximum Gasteiger partial charge on any atom is 0.101 e. The number of halogens is 2. The Bertz CT molecular complexity index is 630. The van der Waals surface area contributed by atoms with E-state index in [0.29, 0.717) is 5.56 Å². The number of anilines is 1.